The molecule has 11 nitrogen and oxygen atoms in total. The SMILES string of the molecule is NS(=O)(=O)c1cccc(CCCCOCCCCCCNCC(O)c2ccc(O)c(CO)n2)c1.O=CO. The average molecular weight is 542 g/mol. The van der Waals surface area contributed by atoms with Crippen molar-refractivity contribution >= 4 is 16.5 Å². The molecule has 0 bridgehead atoms. The van der Waals surface area contributed by atoms with Gasteiger partial charge in [-0.25, -0.2) is 18.5 Å². The van der Waals surface area contributed by atoms with Crippen molar-refractivity contribution in [2.24, 2.45) is 5.14 Å². The number of benzene rings is 1. The van der Waals surface area contributed by atoms with Crippen LogP contribution in [0, 0.1) is 0 Å². The molecule has 1 heterocycles. The number of aryl methyl sites for hydroxylation is 1. The number of carbonyl (C=O) groups is 1. The van der Waals surface area contributed by atoms with Crippen molar-refractivity contribution in [2.75, 3.05) is 26.3 Å². The maximum atomic E-state index is 11.4. The van der Waals surface area contributed by atoms with Gasteiger partial charge in [-0.3, -0.25) is 4.79 Å². The van der Waals surface area contributed by atoms with E-state index >= 15 is 0 Å². The number of nitrogens with one attached hydrogen (secondary N) is 1. The maximum Gasteiger partial charge on any atom is 0.290 e. The molecule has 0 saturated carbocycles. The molecule has 2 rings (SSSR count). The van der Waals surface area contributed by atoms with E-state index in [1.807, 2.05) is 6.07 Å². The van der Waals surface area contributed by atoms with Crippen LogP contribution < -0.4 is 10.5 Å². The smallest absolute Gasteiger partial charge is 0.290 e. The van der Waals surface area contributed by atoms with Crippen molar-refractivity contribution in [3.05, 3.63) is 53.3 Å². The summed E-state index contributed by atoms with van der Waals surface area (Å²) in [5, 5.41) is 44.1. The third kappa shape index (κ3) is 14.1. The van der Waals surface area contributed by atoms with Crippen LogP contribution >= 0.6 is 0 Å². The summed E-state index contributed by atoms with van der Waals surface area (Å²) in [6.45, 7) is 1.94. The number of nitrogens with two attached hydrogens (primary N) is 1. The Hall–Kier alpha value is -2.61. The van der Waals surface area contributed by atoms with Gasteiger partial charge in [0.25, 0.3) is 6.47 Å². The zero-order valence-electron chi connectivity index (χ0n) is 21.0. The minimum Gasteiger partial charge on any atom is -0.506 e. The van der Waals surface area contributed by atoms with Gasteiger partial charge in [-0.05, 0) is 68.5 Å². The van der Waals surface area contributed by atoms with E-state index in [1.165, 1.54) is 12.1 Å². The van der Waals surface area contributed by atoms with E-state index in [0.29, 0.717) is 18.8 Å². The molecular weight excluding hydrogens is 502 g/mol. The lowest BCUT2D eigenvalue weighted by molar-refractivity contribution is -0.122. The second-order valence-corrected chi connectivity index (χ2v) is 9.92. The number of aromatic hydroxyl groups is 1. The quantitative estimate of drug-likeness (QED) is 0.127. The van der Waals surface area contributed by atoms with E-state index < -0.39 is 16.1 Å². The molecule has 208 valence electrons. The van der Waals surface area contributed by atoms with Gasteiger partial charge in [-0.1, -0.05) is 25.0 Å². The van der Waals surface area contributed by atoms with Crippen LogP contribution in [-0.4, -0.2) is 66.6 Å². The van der Waals surface area contributed by atoms with Crippen molar-refractivity contribution in [3.8, 4) is 5.75 Å². The van der Waals surface area contributed by atoms with Gasteiger partial charge in [0.05, 0.1) is 17.2 Å². The van der Waals surface area contributed by atoms with Crippen molar-refractivity contribution in [3.63, 3.8) is 0 Å². The number of aliphatic hydroxyl groups excluding tert-OH is 2. The first kappa shape index (κ1) is 32.4. The summed E-state index contributed by atoms with van der Waals surface area (Å²) in [6, 6.07) is 9.72. The Bertz CT molecular complexity index is 1020. The summed E-state index contributed by atoms with van der Waals surface area (Å²) in [5.74, 6) is -0.0801. The Kier molecular flexibility index (Phi) is 16.3. The van der Waals surface area contributed by atoms with Crippen LogP contribution in [0.3, 0.4) is 0 Å². The summed E-state index contributed by atoms with van der Waals surface area (Å²) >= 11 is 0. The van der Waals surface area contributed by atoms with Crippen molar-refractivity contribution < 1.29 is 38.4 Å². The van der Waals surface area contributed by atoms with E-state index in [-0.39, 0.29) is 29.4 Å². The number of aromatic nitrogens is 1. The molecule has 0 aliphatic carbocycles. The van der Waals surface area contributed by atoms with Gasteiger partial charge in [0, 0.05) is 19.8 Å². The molecule has 0 aliphatic heterocycles. The predicted molar refractivity (Wildman–Crippen MR) is 138 cm³/mol. The lowest BCUT2D eigenvalue weighted by Gasteiger charge is -2.13. The molecular formula is C25H39N3O8S. The number of hydrogen-bond donors (Lipinski definition) is 6. The Morgan fingerprint density at radius 2 is 1.73 bits per heavy atom. The summed E-state index contributed by atoms with van der Waals surface area (Å²) in [5.41, 5.74) is 1.54. The van der Waals surface area contributed by atoms with E-state index in [2.05, 4.69) is 10.3 Å². The second-order valence-electron chi connectivity index (χ2n) is 8.36. The number of pyridine rings is 1. The van der Waals surface area contributed by atoms with Gasteiger partial charge in [-0.15, -0.1) is 0 Å². The van der Waals surface area contributed by atoms with Gasteiger partial charge in [0.15, 0.2) is 0 Å². The fraction of sp³-hybridized carbons (Fsp3) is 0.520. The summed E-state index contributed by atoms with van der Waals surface area (Å²) < 4.78 is 28.5. The molecule has 0 saturated heterocycles. The first-order valence-electron chi connectivity index (χ1n) is 12.2. The van der Waals surface area contributed by atoms with E-state index in [1.54, 1.807) is 18.2 Å². The highest BCUT2D eigenvalue weighted by molar-refractivity contribution is 7.89. The van der Waals surface area contributed by atoms with Gasteiger partial charge >= 0.3 is 0 Å². The van der Waals surface area contributed by atoms with Crippen LogP contribution in [0.15, 0.2) is 41.3 Å². The van der Waals surface area contributed by atoms with Crippen LogP contribution in [0.5, 0.6) is 5.75 Å². The number of carboxylic acid groups (broad SMARTS) is 1. The first-order chi connectivity index (χ1) is 17.7. The standard InChI is InChI=1S/C24H37N3O6S.CH2O2/c25-34(31,32)20-10-7-9-19(16-20)8-3-6-15-33-14-5-2-1-4-13-26-17-24(30)21-11-12-23(29)22(18-28)27-21;2-1-3/h7,9-12,16,24,26,28-30H,1-6,8,13-15,17-18H2,(H2,25,31,32);1H,(H,2,3). The number of nitrogens with zero attached hydrogens (tertiary/aromatic N) is 1. The molecule has 1 unspecified atom stereocenters. The van der Waals surface area contributed by atoms with Gasteiger partial charge in [-0.2, -0.15) is 0 Å². The van der Waals surface area contributed by atoms with Crippen LogP contribution in [-0.2, 0) is 32.6 Å². The lowest BCUT2D eigenvalue weighted by Crippen LogP contribution is -2.23. The van der Waals surface area contributed by atoms with Crippen molar-refractivity contribution in [2.45, 2.75) is 62.6 Å². The minimum atomic E-state index is -3.66. The fourth-order valence-corrected chi connectivity index (χ4v) is 4.06. The fourth-order valence-electron chi connectivity index (χ4n) is 3.48. The number of aliphatic hydroxyl groups is 2. The molecule has 12 heteroatoms. The second kappa shape index (κ2) is 18.6. The Balaban J connectivity index is 0.00000217. The number of sulfonamides is 1. The highest BCUT2D eigenvalue weighted by atomic mass is 32.2. The van der Waals surface area contributed by atoms with Gasteiger partial charge in [0.1, 0.15) is 17.5 Å². The minimum absolute atomic E-state index is 0.0801. The lowest BCUT2D eigenvalue weighted by atomic mass is 10.1. The largest absolute Gasteiger partial charge is 0.506 e. The van der Waals surface area contributed by atoms with E-state index in [9.17, 15) is 18.6 Å². The molecule has 37 heavy (non-hydrogen) atoms. The average Bonchev–Trinajstić information content (AvgIpc) is 2.87. The number of primary sulfonamides is 1. The van der Waals surface area contributed by atoms with Crippen LogP contribution in [0.4, 0.5) is 0 Å². The topological polar surface area (TPSA) is 192 Å². The molecule has 0 amide bonds. The van der Waals surface area contributed by atoms with Crippen LogP contribution in [0.2, 0.25) is 0 Å². The third-order valence-corrected chi connectivity index (χ3v) is 6.33. The highest BCUT2D eigenvalue weighted by Gasteiger charge is 2.11. The predicted octanol–water partition coefficient (Wildman–Crippen LogP) is 1.85. The molecule has 2 aromatic rings. The third-order valence-electron chi connectivity index (χ3n) is 5.42. The highest BCUT2D eigenvalue weighted by Crippen LogP contribution is 2.18. The number of hydrogen-bond acceptors (Lipinski definition) is 9. The van der Waals surface area contributed by atoms with E-state index in [0.717, 1.165) is 63.7 Å². The normalized spacial score (nSPS) is 12.0. The summed E-state index contributed by atoms with van der Waals surface area (Å²) in [7, 11) is -3.66. The molecule has 0 fully saturated rings. The van der Waals surface area contributed by atoms with Crippen molar-refractivity contribution in [1.29, 1.82) is 0 Å². The Morgan fingerprint density at radius 3 is 2.41 bits per heavy atom. The Morgan fingerprint density at radius 1 is 1.05 bits per heavy atom. The molecule has 0 aliphatic rings. The van der Waals surface area contributed by atoms with Gasteiger partial charge in [0.2, 0.25) is 10.0 Å². The molecule has 1 aromatic carbocycles. The maximum absolute atomic E-state index is 11.4. The van der Waals surface area contributed by atoms with Crippen molar-refractivity contribution in [1.82, 2.24) is 10.3 Å². The Labute approximate surface area is 218 Å². The monoisotopic (exact) mass is 541 g/mol. The molecule has 0 radical (unpaired) electrons. The molecule has 0 spiro atoms. The van der Waals surface area contributed by atoms with E-state index in [4.69, 9.17) is 24.9 Å². The number of ether oxygens (including phenoxy) is 1. The number of unbranched alkanes of at least 4 members (excludes halogenated alkanes) is 4. The van der Waals surface area contributed by atoms with Gasteiger partial charge < -0.3 is 30.5 Å². The van der Waals surface area contributed by atoms with Crippen LogP contribution in [0.25, 0.3) is 0 Å². The molecule has 7 N–H and O–H groups in total. The zero-order valence-corrected chi connectivity index (χ0v) is 21.8. The molecule has 1 aromatic heterocycles. The van der Waals surface area contributed by atoms with Crippen LogP contribution in [0.1, 0.15) is 61.6 Å². The zero-order chi connectivity index (χ0) is 27.5. The molecule has 1 atom stereocenters. The first-order valence-corrected chi connectivity index (χ1v) is 13.7. The summed E-state index contributed by atoms with van der Waals surface area (Å²) in [6.07, 6.45) is 5.98. The summed E-state index contributed by atoms with van der Waals surface area (Å²) in [4.78, 5) is 12.6. The number of rotatable bonds is 17.